The Hall–Kier alpha value is -3.23. The number of anilines is 1. The van der Waals surface area contributed by atoms with Crippen molar-refractivity contribution in [2.75, 3.05) is 11.9 Å². The third-order valence-electron chi connectivity index (χ3n) is 6.45. The van der Waals surface area contributed by atoms with Gasteiger partial charge in [-0.05, 0) is 36.1 Å². The van der Waals surface area contributed by atoms with Crippen molar-refractivity contribution in [3.8, 4) is 11.1 Å². The Labute approximate surface area is 194 Å². The van der Waals surface area contributed by atoms with E-state index in [0.29, 0.717) is 23.4 Å². The molecule has 0 aliphatic carbocycles. The van der Waals surface area contributed by atoms with Gasteiger partial charge in [-0.3, -0.25) is 9.59 Å². The number of carboxylic acid groups (broad SMARTS) is 1. The lowest BCUT2D eigenvalue weighted by molar-refractivity contribution is -0.147. The number of nitrogens with one attached hydrogen (secondary N) is 1. The second-order valence-electron chi connectivity index (χ2n) is 8.27. The molecule has 2 aliphatic rings. The molecule has 2 fully saturated rings. The van der Waals surface area contributed by atoms with Gasteiger partial charge in [0.1, 0.15) is 10.6 Å². The monoisotopic (exact) mass is 465 g/mol. The maximum atomic E-state index is 13.2. The van der Waals surface area contributed by atoms with Gasteiger partial charge in [0.2, 0.25) is 5.91 Å². The van der Waals surface area contributed by atoms with Gasteiger partial charge in [-0.25, -0.2) is 4.79 Å². The molecular weight excluding hydrogens is 442 g/mol. The highest BCUT2D eigenvalue weighted by Gasteiger charge is 2.55. The molecule has 2 bridgehead atoms. The van der Waals surface area contributed by atoms with Crippen LogP contribution in [0.4, 0.5) is 5.00 Å². The fourth-order valence-corrected chi connectivity index (χ4v) is 5.99. The summed E-state index contributed by atoms with van der Waals surface area (Å²) in [5, 5.41) is 16.7. The number of carboxylic acids is 1. The molecule has 0 spiro atoms. The number of ether oxygens (including phenoxy) is 2. The third-order valence-corrected chi connectivity index (χ3v) is 7.34. The number of benzene rings is 2. The Morgan fingerprint density at radius 1 is 1.06 bits per heavy atom. The largest absolute Gasteiger partial charge is 0.481 e. The number of esters is 1. The molecule has 170 valence electrons. The van der Waals surface area contributed by atoms with Gasteiger partial charge in [-0.15, -0.1) is 11.3 Å². The van der Waals surface area contributed by atoms with Gasteiger partial charge in [0, 0.05) is 10.9 Å². The predicted octanol–water partition coefficient (Wildman–Crippen LogP) is 4.56. The van der Waals surface area contributed by atoms with Crippen LogP contribution in [0.2, 0.25) is 0 Å². The number of aliphatic carboxylic acids is 1. The molecule has 3 aromatic rings. The Bertz CT molecular complexity index is 1250. The standard InChI is InChI=1S/C25H23NO6S/c1-2-31-25(30)19-16(15-9-5-7-13-6-3-4-8-14(13)15)12-33-23(19)26-22(27)20-17-10-11-18(32-17)21(20)24(28)29/h3-9,12,17-18,20-21H,2,10-11H2,1H3,(H,26,27)(H,28,29)/t17-,18-,20+,21-/m0/s1. The van der Waals surface area contributed by atoms with Crippen molar-refractivity contribution in [3.05, 3.63) is 53.4 Å². The van der Waals surface area contributed by atoms with Crippen LogP contribution in [0.25, 0.3) is 21.9 Å². The minimum atomic E-state index is -1.03. The zero-order valence-corrected chi connectivity index (χ0v) is 18.8. The Morgan fingerprint density at radius 2 is 1.79 bits per heavy atom. The summed E-state index contributed by atoms with van der Waals surface area (Å²) in [4.78, 5) is 38.0. The SMILES string of the molecule is CCOC(=O)c1c(-c2cccc3ccccc23)csc1NC(=O)[C@H]1[C@@H](C(=O)O)[C@@H]2CC[C@@H]1O2. The molecule has 0 radical (unpaired) electrons. The van der Waals surface area contributed by atoms with Crippen LogP contribution in [-0.2, 0) is 19.1 Å². The second-order valence-corrected chi connectivity index (χ2v) is 9.15. The van der Waals surface area contributed by atoms with E-state index in [1.165, 1.54) is 11.3 Å². The number of carbonyl (C=O) groups excluding carboxylic acids is 2. The molecule has 7 nitrogen and oxygen atoms in total. The van der Waals surface area contributed by atoms with Gasteiger partial charge >= 0.3 is 11.9 Å². The summed E-state index contributed by atoms with van der Waals surface area (Å²) in [5.41, 5.74) is 1.81. The molecule has 1 aromatic heterocycles. The Balaban J connectivity index is 1.53. The Kier molecular flexibility index (Phi) is 5.64. The van der Waals surface area contributed by atoms with Crippen molar-refractivity contribution in [3.63, 3.8) is 0 Å². The van der Waals surface area contributed by atoms with Gasteiger partial charge in [-0.2, -0.15) is 0 Å². The van der Waals surface area contributed by atoms with E-state index in [1.807, 2.05) is 47.8 Å². The van der Waals surface area contributed by atoms with Gasteiger partial charge in [0.05, 0.1) is 30.7 Å². The van der Waals surface area contributed by atoms with Crippen LogP contribution in [0.5, 0.6) is 0 Å². The fraction of sp³-hybridized carbons (Fsp3) is 0.320. The summed E-state index contributed by atoms with van der Waals surface area (Å²) in [6, 6.07) is 13.7. The molecule has 8 heteroatoms. The van der Waals surface area contributed by atoms with Crippen LogP contribution < -0.4 is 5.32 Å². The Morgan fingerprint density at radius 3 is 2.55 bits per heavy atom. The van der Waals surface area contributed by atoms with Gasteiger partial charge in [0.15, 0.2) is 0 Å². The van der Waals surface area contributed by atoms with Gasteiger partial charge in [-0.1, -0.05) is 42.5 Å². The first-order chi connectivity index (χ1) is 16.0. The highest BCUT2D eigenvalue weighted by atomic mass is 32.1. The van der Waals surface area contributed by atoms with E-state index in [1.54, 1.807) is 6.92 Å². The van der Waals surface area contributed by atoms with Crippen LogP contribution in [0.1, 0.15) is 30.1 Å². The minimum Gasteiger partial charge on any atom is -0.481 e. The topological polar surface area (TPSA) is 102 Å². The second kappa shape index (κ2) is 8.61. The summed E-state index contributed by atoms with van der Waals surface area (Å²) < 4.78 is 11.0. The molecule has 1 amide bonds. The van der Waals surface area contributed by atoms with E-state index in [-0.39, 0.29) is 12.2 Å². The number of amides is 1. The lowest BCUT2D eigenvalue weighted by Gasteiger charge is -2.23. The van der Waals surface area contributed by atoms with Crippen molar-refractivity contribution in [2.24, 2.45) is 11.8 Å². The maximum Gasteiger partial charge on any atom is 0.341 e. The number of carbonyl (C=O) groups is 3. The summed E-state index contributed by atoms with van der Waals surface area (Å²) in [5.74, 6) is -3.68. The highest BCUT2D eigenvalue weighted by Crippen LogP contribution is 2.45. The van der Waals surface area contributed by atoms with E-state index in [4.69, 9.17) is 9.47 Å². The number of rotatable bonds is 6. The molecule has 2 N–H and O–H groups in total. The molecule has 2 aliphatic heterocycles. The fourth-order valence-electron chi connectivity index (χ4n) is 5.03. The lowest BCUT2D eigenvalue weighted by Crippen LogP contribution is -2.41. The first-order valence-electron chi connectivity index (χ1n) is 11.0. The molecule has 2 saturated heterocycles. The summed E-state index contributed by atoms with van der Waals surface area (Å²) in [6.45, 7) is 1.92. The van der Waals surface area contributed by atoms with Crippen LogP contribution >= 0.6 is 11.3 Å². The molecule has 33 heavy (non-hydrogen) atoms. The zero-order valence-electron chi connectivity index (χ0n) is 17.9. The van der Waals surface area contributed by atoms with E-state index < -0.39 is 41.9 Å². The van der Waals surface area contributed by atoms with Crippen molar-refractivity contribution in [1.29, 1.82) is 0 Å². The molecule has 2 aromatic carbocycles. The van der Waals surface area contributed by atoms with Gasteiger partial charge in [0.25, 0.3) is 0 Å². The van der Waals surface area contributed by atoms with Crippen molar-refractivity contribution in [1.82, 2.24) is 0 Å². The van der Waals surface area contributed by atoms with Crippen LogP contribution in [0, 0.1) is 11.8 Å². The lowest BCUT2D eigenvalue weighted by atomic mass is 9.78. The normalized spacial score (nSPS) is 23.5. The number of thiophene rings is 1. The van der Waals surface area contributed by atoms with Crippen LogP contribution in [-0.4, -0.2) is 41.8 Å². The van der Waals surface area contributed by atoms with Gasteiger partial charge < -0.3 is 19.9 Å². The first-order valence-corrected chi connectivity index (χ1v) is 11.8. The minimum absolute atomic E-state index is 0.193. The average molecular weight is 466 g/mol. The first kappa shape index (κ1) is 21.6. The molecule has 4 atom stereocenters. The van der Waals surface area contributed by atoms with Crippen LogP contribution in [0.15, 0.2) is 47.8 Å². The van der Waals surface area contributed by atoms with E-state index in [0.717, 1.165) is 16.3 Å². The highest BCUT2D eigenvalue weighted by molar-refractivity contribution is 7.15. The summed E-state index contributed by atoms with van der Waals surface area (Å²) in [7, 11) is 0. The van der Waals surface area contributed by atoms with Crippen molar-refractivity contribution < 1.29 is 29.0 Å². The smallest absolute Gasteiger partial charge is 0.341 e. The van der Waals surface area contributed by atoms with Crippen molar-refractivity contribution in [2.45, 2.75) is 32.0 Å². The number of fused-ring (bicyclic) bond motifs is 3. The van der Waals surface area contributed by atoms with Crippen LogP contribution in [0.3, 0.4) is 0 Å². The number of hydrogen-bond donors (Lipinski definition) is 2. The third kappa shape index (κ3) is 3.69. The number of hydrogen-bond acceptors (Lipinski definition) is 6. The summed E-state index contributed by atoms with van der Waals surface area (Å²) >= 11 is 1.23. The average Bonchev–Trinajstić information content (AvgIpc) is 3.53. The zero-order chi connectivity index (χ0) is 23.1. The van der Waals surface area contributed by atoms with E-state index in [9.17, 15) is 19.5 Å². The summed E-state index contributed by atoms with van der Waals surface area (Å²) in [6.07, 6.45) is 0.439. The molecular formula is C25H23NO6S. The molecule has 0 saturated carbocycles. The molecule has 5 rings (SSSR count). The van der Waals surface area contributed by atoms with E-state index in [2.05, 4.69) is 5.32 Å². The maximum absolute atomic E-state index is 13.2. The quantitative estimate of drug-likeness (QED) is 0.518. The molecule has 0 unspecified atom stereocenters. The van der Waals surface area contributed by atoms with Crippen molar-refractivity contribution >= 4 is 45.0 Å². The predicted molar refractivity (Wildman–Crippen MR) is 124 cm³/mol. The van der Waals surface area contributed by atoms with E-state index >= 15 is 0 Å². The molecule has 3 heterocycles.